The van der Waals surface area contributed by atoms with Crippen LogP contribution < -0.4 is 9.47 Å². The Labute approximate surface area is 131 Å². The molecule has 0 aliphatic carbocycles. The van der Waals surface area contributed by atoms with Gasteiger partial charge in [0, 0.05) is 25.1 Å². The first-order valence-corrected chi connectivity index (χ1v) is 7.95. The molecule has 5 nitrogen and oxygen atoms in total. The highest BCUT2D eigenvalue weighted by molar-refractivity contribution is 7.13. The monoisotopic (exact) mass is 311 g/mol. The van der Waals surface area contributed by atoms with Crippen LogP contribution in [0.5, 0.6) is 11.5 Å². The number of nitriles is 1. The van der Waals surface area contributed by atoms with Gasteiger partial charge in [-0.05, 0) is 17.9 Å². The van der Waals surface area contributed by atoms with Gasteiger partial charge in [-0.25, -0.2) is 4.98 Å². The summed E-state index contributed by atoms with van der Waals surface area (Å²) in [6.07, 6.45) is 1.34. The Balaban J connectivity index is 1.86. The number of hydrogen-bond donors (Lipinski definition) is 0. The van der Waals surface area contributed by atoms with Crippen LogP contribution >= 0.6 is 11.3 Å². The number of unbranched alkanes of at least 4 members (excludes halogenated alkanes) is 1. The van der Waals surface area contributed by atoms with Gasteiger partial charge in [0.1, 0.15) is 0 Å². The molecular weight excluding hydrogens is 298 g/mol. The van der Waals surface area contributed by atoms with Crippen molar-refractivity contribution in [2.45, 2.75) is 19.4 Å². The van der Waals surface area contributed by atoms with E-state index in [0.717, 1.165) is 46.2 Å². The summed E-state index contributed by atoms with van der Waals surface area (Å²) in [5.74, 6) is 2.44. The first-order chi connectivity index (χ1) is 10.9. The van der Waals surface area contributed by atoms with Gasteiger partial charge in [0.2, 0.25) is 6.79 Å². The minimum atomic E-state index is 0.258. The Morgan fingerprint density at radius 2 is 2.18 bits per heavy atom. The minimum absolute atomic E-state index is 0.258. The van der Waals surface area contributed by atoms with E-state index in [2.05, 4.69) is 16.7 Å². The zero-order valence-electron chi connectivity index (χ0n) is 11.8. The van der Waals surface area contributed by atoms with Crippen molar-refractivity contribution < 1.29 is 9.47 Å². The van der Waals surface area contributed by atoms with Crippen molar-refractivity contribution in [1.29, 1.82) is 5.26 Å². The largest absolute Gasteiger partial charge is 0.454 e. The molecule has 0 radical (unpaired) electrons. The van der Waals surface area contributed by atoms with Crippen LogP contribution in [0.15, 0.2) is 29.6 Å². The number of rotatable bonds is 4. The minimum Gasteiger partial charge on any atom is -0.454 e. The van der Waals surface area contributed by atoms with E-state index in [9.17, 15) is 0 Å². The van der Waals surface area contributed by atoms with E-state index in [1.807, 2.05) is 23.6 Å². The molecule has 110 valence electrons. The molecule has 1 aliphatic heterocycles. The average molecular weight is 311 g/mol. The van der Waals surface area contributed by atoms with Gasteiger partial charge in [-0.15, -0.1) is 11.3 Å². The Morgan fingerprint density at radius 1 is 1.32 bits per heavy atom. The third kappa shape index (κ3) is 2.11. The SMILES string of the molecule is N#CCCCn1c(-c2cccs2)nc2cc3c(cc21)OCO3. The molecule has 0 saturated carbocycles. The van der Waals surface area contributed by atoms with Crippen LogP contribution in [0.1, 0.15) is 12.8 Å². The Bertz CT molecular complexity index is 862. The number of aromatic nitrogens is 2. The van der Waals surface area contributed by atoms with E-state index in [1.54, 1.807) is 11.3 Å². The predicted octanol–water partition coefficient (Wildman–Crippen LogP) is 3.80. The topological polar surface area (TPSA) is 60.1 Å². The molecule has 3 aromatic rings. The molecule has 6 heteroatoms. The third-order valence-electron chi connectivity index (χ3n) is 3.65. The quantitative estimate of drug-likeness (QED) is 0.688. The highest BCUT2D eigenvalue weighted by atomic mass is 32.1. The number of ether oxygens (including phenoxy) is 2. The van der Waals surface area contributed by atoms with Gasteiger partial charge in [0.25, 0.3) is 0 Å². The number of hydrogen-bond acceptors (Lipinski definition) is 5. The van der Waals surface area contributed by atoms with Crippen molar-refractivity contribution in [3.8, 4) is 28.3 Å². The Hall–Kier alpha value is -2.52. The van der Waals surface area contributed by atoms with Crippen molar-refractivity contribution >= 4 is 22.4 Å². The molecule has 4 rings (SSSR count). The zero-order valence-corrected chi connectivity index (χ0v) is 12.6. The van der Waals surface area contributed by atoms with Crippen LogP contribution in [0.25, 0.3) is 21.7 Å². The summed E-state index contributed by atoms with van der Waals surface area (Å²) in [4.78, 5) is 5.89. The van der Waals surface area contributed by atoms with Gasteiger partial charge < -0.3 is 14.0 Å². The summed E-state index contributed by atoms with van der Waals surface area (Å²) in [6, 6.07) is 10.2. The predicted molar refractivity (Wildman–Crippen MR) is 84.0 cm³/mol. The fraction of sp³-hybridized carbons (Fsp3) is 0.250. The van der Waals surface area contributed by atoms with Gasteiger partial charge in [0.05, 0.1) is 22.0 Å². The summed E-state index contributed by atoms with van der Waals surface area (Å²) < 4.78 is 13.1. The van der Waals surface area contributed by atoms with Gasteiger partial charge >= 0.3 is 0 Å². The van der Waals surface area contributed by atoms with Gasteiger partial charge in [-0.2, -0.15) is 5.26 Å². The zero-order chi connectivity index (χ0) is 14.9. The van der Waals surface area contributed by atoms with Crippen LogP contribution in [0.4, 0.5) is 0 Å². The lowest BCUT2D eigenvalue weighted by molar-refractivity contribution is 0.174. The molecule has 0 spiro atoms. The number of fused-ring (bicyclic) bond motifs is 2. The second kappa shape index (κ2) is 5.35. The molecule has 0 atom stereocenters. The first kappa shape index (κ1) is 13.2. The summed E-state index contributed by atoms with van der Waals surface area (Å²) >= 11 is 1.66. The van der Waals surface area contributed by atoms with Crippen molar-refractivity contribution in [3.05, 3.63) is 29.6 Å². The van der Waals surface area contributed by atoms with Crippen molar-refractivity contribution in [2.75, 3.05) is 6.79 Å². The molecule has 0 unspecified atom stereocenters. The molecule has 0 fully saturated rings. The van der Waals surface area contributed by atoms with Crippen LogP contribution in [0.3, 0.4) is 0 Å². The van der Waals surface area contributed by atoms with Crippen LogP contribution in [0.2, 0.25) is 0 Å². The average Bonchev–Trinajstić information content (AvgIpc) is 3.24. The van der Waals surface area contributed by atoms with E-state index in [1.165, 1.54) is 0 Å². The van der Waals surface area contributed by atoms with Crippen LogP contribution in [-0.4, -0.2) is 16.3 Å². The van der Waals surface area contributed by atoms with Gasteiger partial charge in [0.15, 0.2) is 17.3 Å². The van der Waals surface area contributed by atoms with Crippen molar-refractivity contribution in [1.82, 2.24) is 9.55 Å². The number of benzene rings is 1. The lowest BCUT2D eigenvalue weighted by Gasteiger charge is -2.07. The third-order valence-corrected chi connectivity index (χ3v) is 4.52. The second-order valence-electron chi connectivity index (χ2n) is 5.02. The normalized spacial score (nSPS) is 12.7. The van der Waals surface area contributed by atoms with Crippen molar-refractivity contribution in [3.63, 3.8) is 0 Å². The first-order valence-electron chi connectivity index (χ1n) is 7.07. The highest BCUT2D eigenvalue weighted by Gasteiger charge is 2.20. The van der Waals surface area contributed by atoms with Gasteiger partial charge in [-0.1, -0.05) is 6.07 Å². The molecule has 1 aromatic carbocycles. The van der Waals surface area contributed by atoms with E-state index >= 15 is 0 Å². The summed E-state index contributed by atoms with van der Waals surface area (Å²) in [7, 11) is 0. The summed E-state index contributed by atoms with van der Waals surface area (Å²) in [6.45, 7) is 1.02. The van der Waals surface area contributed by atoms with E-state index in [0.29, 0.717) is 6.42 Å². The molecule has 1 aliphatic rings. The molecule has 0 bridgehead atoms. The molecular formula is C16H13N3O2S. The molecule has 3 heterocycles. The summed E-state index contributed by atoms with van der Waals surface area (Å²) in [5, 5.41) is 10.8. The molecule has 0 N–H and O–H groups in total. The fourth-order valence-corrected chi connectivity index (χ4v) is 3.37. The number of thiophene rings is 1. The van der Waals surface area contributed by atoms with Crippen LogP contribution in [0, 0.1) is 11.3 Å². The highest BCUT2D eigenvalue weighted by Crippen LogP contribution is 2.38. The maximum absolute atomic E-state index is 8.78. The van der Waals surface area contributed by atoms with E-state index < -0.39 is 0 Å². The van der Waals surface area contributed by atoms with Crippen LogP contribution in [-0.2, 0) is 6.54 Å². The number of nitrogens with zero attached hydrogens (tertiary/aromatic N) is 3. The molecule has 0 amide bonds. The molecule has 0 saturated heterocycles. The molecule has 22 heavy (non-hydrogen) atoms. The summed E-state index contributed by atoms with van der Waals surface area (Å²) in [5.41, 5.74) is 1.91. The lowest BCUT2D eigenvalue weighted by atomic mass is 10.2. The molecule has 2 aromatic heterocycles. The van der Waals surface area contributed by atoms with E-state index in [-0.39, 0.29) is 6.79 Å². The Kier molecular flexibility index (Phi) is 3.20. The van der Waals surface area contributed by atoms with E-state index in [4.69, 9.17) is 19.7 Å². The lowest BCUT2D eigenvalue weighted by Crippen LogP contribution is -2.00. The number of imidazole rings is 1. The smallest absolute Gasteiger partial charge is 0.231 e. The fourth-order valence-electron chi connectivity index (χ4n) is 2.65. The van der Waals surface area contributed by atoms with Gasteiger partial charge in [-0.3, -0.25) is 0 Å². The standard InChI is InChI=1S/C16H13N3O2S/c17-5-1-2-6-19-12-9-14-13(20-10-21-14)8-11(12)18-16(19)15-4-3-7-22-15/h3-4,7-9H,1-2,6,10H2. The maximum atomic E-state index is 8.78. The maximum Gasteiger partial charge on any atom is 0.231 e. The van der Waals surface area contributed by atoms with Crippen molar-refractivity contribution in [2.24, 2.45) is 0 Å². The Morgan fingerprint density at radius 3 is 2.95 bits per heavy atom. The number of aryl methyl sites for hydroxylation is 1. The second-order valence-corrected chi connectivity index (χ2v) is 5.97.